The van der Waals surface area contributed by atoms with Crippen LogP contribution in [0.2, 0.25) is 0 Å². The van der Waals surface area contributed by atoms with Crippen LogP contribution in [0, 0.1) is 6.92 Å². The topological polar surface area (TPSA) is 108 Å². The molecule has 2 amide bonds. The second-order valence-electron chi connectivity index (χ2n) is 7.76. The molecule has 0 atom stereocenters. The van der Waals surface area contributed by atoms with Crippen molar-refractivity contribution in [1.82, 2.24) is 9.62 Å². The van der Waals surface area contributed by atoms with Crippen LogP contribution in [0.3, 0.4) is 0 Å². The summed E-state index contributed by atoms with van der Waals surface area (Å²) in [4.78, 5) is 25.1. The molecule has 2 aromatic rings. The molecule has 1 aliphatic carbocycles. The Bertz CT molecular complexity index is 1090. The van der Waals surface area contributed by atoms with Crippen LogP contribution < -0.4 is 16.0 Å². The fraction of sp³-hybridized carbons (Fsp3) is 0.391. The van der Waals surface area contributed by atoms with Gasteiger partial charge in [0.25, 0.3) is 5.91 Å². The molecule has 32 heavy (non-hydrogen) atoms. The summed E-state index contributed by atoms with van der Waals surface area (Å²) in [6.07, 6.45) is 1.98. The average Bonchev–Trinajstić information content (AvgIpc) is 3.58. The van der Waals surface area contributed by atoms with Crippen LogP contribution in [0.15, 0.2) is 47.4 Å². The second kappa shape index (κ2) is 10.1. The zero-order chi connectivity index (χ0) is 23.3. The highest BCUT2D eigenvalue weighted by atomic mass is 32.2. The van der Waals surface area contributed by atoms with Gasteiger partial charge in [0.1, 0.15) is 0 Å². The van der Waals surface area contributed by atoms with E-state index in [9.17, 15) is 18.0 Å². The third kappa shape index (κ3) is 5.66. The highest BCUT2D eigenvalue weighted by molar-refractivity contribution is 7.89. The van der Waals surface area contributed by atoms with Crippen molar-refractivity contribution in [2.24, 2.45) is 0 Å². The van der Waals surface area contributed by atoms with E-state index >= 15 is 0 Å². The zero-order valence-corrected chi connectivity index (χ0v) is 19.5. The molecule has 1 saturated carbocycles. The summed E-state index contributed by atoms with van der Waals surface area (Å²) in [7, 11) is -3.64. The van der Waals surface area contributed by atoms with E-state index in [4.69, 9.17) is 0 Å². The van der Waals surface area contributed by atoms with Crippen molar-refractivity contribution < 1.29 is 18.0 Å². The van der Waals surface area contributed by atoms with Gasteiger partial charge < -0.3 is 16.0 Å². The number of anilines is 2. The smallest absolute Gasteiger partial charge is 0.253 e. The zero-order valence-electron chi connectivity index (χ0n) is 18.6. The van der Waals surface area contributed by atoms with Gasteiger partial charge in [0, 0.05) is 30.5 Å². The van der Waals surface area contributed by atoms with Crippen molar-refractivity contribution >= 4 is 33.2 Å². The van der Waals surface area contributed by atoms with Gasteiger partial charge >= 0.3 is 0 Å². The molecule has 3 rings (SSSR count). The number of benzene rings is 2. The first-order valence-corrected chi connectivity index (χ1v) is 12.2. The first kappa shape index (κ1) is 23.7. The maximum Gasteiger partial charge on any atom is 0.253 e. The lowest BCUT2D eigenvalue weighted by Crippen LogP contribution is -2.31. The summed E-state index contributed by atoms with van der Waals surface area (Å²) in [6, 6.07) is 12.1. The Labute approximate surface area is 189 Å². The fourth-order valence-electron chi connectivity index (χ4n) is 3.37. The van der Waals surface area contributed by atoms with Gasteiger partial charge in [-0.3, -0.25) is 9.59 Å². The van der Waals surface area contributed by atoms with Gasteiger partial charge in [-0.2, -0.15) is 4.31 Å². The molecule has 1 fully saturated rings. The van der Waals surface area contributed by atoms with E-state index in [0.29, 0.717) is 35.6 Å². The largest absolute Gasteiger partial charge is 0.376 e. The molecule has 0 bridgehead atoms. The summed E-state index contributed by atoms with van der Waals surface area (Å²) in [5, 5.41) is 8.68. The van der Waals surface area contributed by atoms with Gasteiger partial charge in [0.15, 0.2) is 0 Å². The highest BCUT2D eigenvalue weighted by Gasteiger charge is 2.25. The van der Waals surface area contributed by atoms with Crippen molar-refractivity contribution in [2.75, 3.05) is 30.3 Å². The molecule has 3 N–H and O–H groups in total. The Morgan fingerprint density at radius 1 is 1.06 bits per heavy atom. The number of carbonyl (C=O) groups is 2. The maximum absolute atomic E-state index is 12.9. The normalized spacial score (nSPS) is 13.6. The minimum Gasteiger partial charge on any atom is -0.376 e. The number of rotatable bonds is 10. The van der Waals surface area contributed by atoms with Crippen LogP contribution >= 0.6 is 0 Å². The summed E-state index contributed by atoms with van der Waals surface area (Å²) in [5.74, 6) is -0.516. The lowest BCUT2D eigenvalue weighted by Gasteiger charge is -2.20. The number of aryl methyl sites for hydroxylation is 1. The van der Waals surface area contributed by atoms with Crippen LogP contribution in [-0.2, 0) is 14.8 Å². The van der Waals surface area contributed by atoms with Crippen molar-refractivity contribution in [1.29, 1.82) is 0 Å². The maximum atomic E-state index is 12.9. The van der Waals surface area contributed by atoms with Gasteiger partial charge in [-0.05, 0) is 49.6 Å². The number of amides is 2. The summed E-state index contributed by atoms with van der Waals surface area (Å²) in [5.41, 5.74) is 2.06. The Hall–Kier alpha value is -2.91. The van der Waals surface area contributed by atoms with Crippen LogP contribution in [-0.4, -0.2) is 50.2 Å². The average molecular weight is 459 g/mol. The lowest BCUT2D eigenvalue weighted by atomic mass is 10.1. The SMILES string of the molecule is CCN(CC)S(=O)(=O)c1cc(NC(=O)CNc2ccccc2C(=O)NC2CC2)ccc1C. The molecule has 1 aliphatic rings. The first-order chi connectivity index (χ1) is 15.3. The summed E-state index contributed by atoms with van der Waals surface area (Å²) >= 11 is 0. The lowest BCUT2D eigenvalue weighted by molar-refractivity contribution is -0.114. The number of hydrogen-bond donors (Lipinski definition) is 3. The predicted molar refractivity (Wildman–Crippen MR) is 125 cm³/mol. The molecule has 0 heterocycles. The van der Waals surface area contributed by atoms with E-state index in [2.05, 4.69) is 16.0 Å². The predicted octanol–water partition coefficient (Wildman–Crippen LogP) is 2.97. The monoisotopic (exact) mass is 458 g/mol. The molecule has 0 aliphatic heterocycles. The number of hydrogen-bond acceptors (Lipinski definition) is 5. The first-order valence-electron chi connectivity index (χ1n) is 10.8. The van der Waals surface area contributed by atoms with E-state index < -0.39 is 10.0 Å². The molecule has 0 saturated heterocycles. The Kier molecular flexibility index (Phi) is 7.52. The Morgan fingerprint density at radius 3 is 2.41 bits per heavy atom. The number of sulfonamides is 1. The third-order valence-electron chi connectivity index (χ3n) is 5.32. The molecule has 0 aromatic heterocycles. The number of nitrogens with one attached hydrogen (secondary N) is 3. The molecule has 0 spiro atoms. The molecule has 2 aromatic carbocycles. The number of carbonyl (C=O) groups excluding carboxylic acids is 2. The van der Waals surface area contributed by atoms with Gasteiger partial charge in [-0.1, -0.05) is 32.0 Å². The van der Waals surface area contributed by atoms with Crippen molar-refractivity contribution in [2.45, 2.75) is 44.6 Å². The van der Waals surface area contributed by atoms with Gasteiger partial charge in [-0.15, -0.1) is 0 Å². The number of para-hydroxylation sites is 1. The summed E-state index contributed by atoms with van der Waals surface area (Å²) < 4.78 is 27.2. The van der Waals surface area contributed by atoms with Crippen molar-refractivity contribution in [3.63, 3.8) is 0 Å². The Balaban J connectivity index is 1.68. The summed E-state index contributed by atoms with van der Waals surface area (Å²) in [6.45, 7) is 5.97. The Morgan fingerprint density at radius 2 is 1.75 bits per heavy atom. The van der Waals surface area contributed by atoms with E-state index in [1.165, 1.54) is 10.4 Å². The molecular formula is C23H30N4O4S. The van der Waals surface area contributed by atoms with Crippen LogP contribution in [0.4, 0.5) is 11.4 Å². The van der Waals surface area contributed by atoms with E-state index in [0.717, 1.165) is 12.8 Å². The quantitative estimate of drug-likeness (QED) is 0.507. The highest BCUT2D eigenvalue weighted by Crippen LogP contribution is 2.24. The van der Waals surface area contributed by atoms with Gasteiger partial charge in [0.2, 0.25) is 15.9 Å². The van der Waals surface area contributed by atoms with Crippen LogP contribution in [0.1, 0.15) is 42.6 Å². The molecule has 8 nitrogen and oxygen atoms in total. The molecule has 0 radical (unpaired) electrons. The van der Waals surface area contributed by atoms with E-state index in [1.807, 2.05) is 0 Å². The minimum absolute atomic E-state index is 0.0697. The van der Waals surface area contributed by atoms with Gasteiger partial charge in [-0.25, -0.2) is 8.42 Å². The minimum atomic E-state index is -3.64. The third-order valence-corrected chi connectivity index (χ3v) is 7.51. The number of nitrogens with zero attached hydrogens (tertiary/aromatic N) is 1. The second-order valence-corrected chi connectivity index (χ2v) is 9.67. The van der Waals surface area contributed by atoms with Crippen LogP contribution in [0.5, 0.6) is 0 Å². The van der Waals surface area contributed by atoms with Crippen LogP contribution in [0.25, 0.3) is 0 Å². The molecule has 172 valence electrons. The fourth-order valence-corrected chi connectivity index (χ4v) is 5.07. The van der Waals surface area contributed by atoms with Gasteiger partial charge in [0.05, 0.1) is 17.0 Å². The van der Waals surface area contributed by atoms with Crippen molar-refractivity contribution in [3.8, 4) is 0 Å². The van der Waals surface area contributed by atoms with E-state index in [1.54, 1.807) is 57.2 Å². The molecule has 0 unspecified atom stereocenters. The van der Waals surface area contributed by atoms with E-state index in [-0.39, 0.29) is 29.3 Å². The standard InChI is InChI=1S/C23H30N4O4S/c1-4-27(5-2)32(30,31)21-14-18(11-10-16(21)3)25-22(28)15-24-20-9-7-6-8-19(20)23(29)26-17-12-13-17/h6-11,14,17,24H,4-5,12-13,15H2,1-3H3,(H,25,28)(H,26,29). The van der Waals surface area contributed by atoms with Crippen molar-refractivity contribution in [3.05, 3.63) is 53.6 Å². The molecular weight excluding hydrogens is 428 g/mol. The molecule has 9 heteroatoms.